The number of rotatable bonds is 5. The summed E-state index contributed by atoms with van der Waals surface area (Å²) in [7, 11) is 0. The minimum atomic E-state index is 0.124. The summed E-state index contributed by atoms with van der Waals surface area (Å²) in [5, 5.41) is 1.60. The number of pyridine rings is 1. The first-order valence-electron chi connectivity index (χ1n) is 7.53. The third kappa shape index (κ3) is 2.57. The molecule has 1 heterocycles. The number of para-hydroxylation sites is 2. The van der Waals surface area contributed by atoms with E-state index < -0.39 is 0 Å². The van der Waals surface area contributed by atoms with Gasteiger partial charge in [-0.1, -0.05) is 30.7 Å². The molecule has 0 aliphatic heterocycles. The van der Waals surface area contributed by atoms with E-state index in [4.69, 9.17) is 5.73 Å². The van der Waals surface area contributed by atoms with Gasteiger partial charge in [-0.25, -0.2) is 0 Å². The summed E-state index contributed by atoms with van der Waals surface area (Å²) >= 11 is 0. The summed E-state index contributed by atoms with van der Waals surface area (Å²) in [6.07, 6.45) is 3.25. The van der Waals surface area contributed by atoms with Crippen LogP contribution in [-0.2, 0) is 6.54 Å². The van der Waals surface area contributed by atoms with Crippen molar-refractivity contribution in [3.8, 4) is 0 Å². The van der Waals surface area contributed by atoms with Crippen LogP contribution < -0.4 is 11.2 Å². The van der Waals surface area contributed by atoms with Gasteiger partial charge in [-0.2, -0.15) is 0 Å². The second-order valence-electron chi connectivity index (χ2n) is 5.36. The van der Waals surface area contributed by atoms with Gasteiger partial charge in [0, 0.05) is 17.3 Å². The quantitative estimate of drug-likeness (QED) is 0.576. The molecular weight excluding hydrogens is 260 g/mol. The summed E-state index contributed by atoms with van der Waals surface area (Å²) in [6, 6.07) is 15.7. The number of hydrogen-bond acceptors (Lipinski definition) is 2. The molecule has 1 aromatic heterocycles. The lowest BCUT2D eigenvalue weighted by Gasteiger charge is -2.15. The second-order valence-corrected chi connectivity index (χ2v) is 5.36. The molecule has 0 radical (unpaired) electrons. The molecule has 2 aromatic carbocycles. The predicted molar refractivity (Wildman–Crippen MR) is 88.6 cm³/mol. The van der Waals surface area contributed by atoms with Crippen molar-refractivity contribution in [2.75, 3.05) is 6.54 Å². The van der Waals surface area contributed by atoms with Gasteiger partial charge in [-0.3, -0.25) is 4.79 Å². The van der Waals surface area contributed by atoms with Crippen LogP contribution in [0.4, 0.5) is 0 Å². The van der Waals surface area contributed by atoms with Crippen molar-refractivity contribution < 1.29 is 0 Å². The Morgan fingerprint density at radius 1 is 0.810 bits per heavy atom. The molecule has 0 atom stereocenters. The zero-order valence-electron chi connectivity index (χ0n) is 12.1. The molecule has 3 heteroatoms. The first-order valence-corrected chi connectivity index (χ1v) is 7.53. The van der Waals surface area contributed by atoms with E-state index in [-0.39, 0.29) is 5.43 Å². The van der Waals surface area contributed by atoms with Gasteiger partial charge in [0.2, 0.25) is 0 Å². The molecule has 0 aliphatic rings. The highest BCUT2D eigenvalue weighted by Gasteiger charge is 2.09. The number of fused-ring (bicyclic) bond motifs is 2. The van der Waals surface area contributed by atoms with E-state index in [1.54, 1.807) is 0 Å². The fourth-order valence-corrected chi connectivity index (χ4v) is 2.91. The zero-order chi connectivity index (χ0) is 14.7. The van der Waals surface area contributed by atoms with E-state index in [0.717, 1.165) is 54.2 Å². The van der Waals surface area contributed by atoms with Crippen molar-refractivity contribution in [2.45, 2.75) is 25.8 Å². The number of hydrogen-bond donors (Lipinski definition) is 1. The van der Waals surface area contributed by atoms with Crippen molar-refractivity contribution in [3.05, 3.63) is 58.8 Å². The fourth-order valence-electron chi connectivity index (χ4n) is 2.91. The highest BCUT2D eigenvalue weighted by atomic mass is 16.1. The molecule has 2 N–H and O–H groups in total. The van der Waals surface area contributed by atoms with Gasteiger partial charge in [0.15, 0.2) is 5.43 Å². The average Bonchev–Trinajstić information content (AvgIpc) is 2.54. The maximum atomic E-state index is 12.6. The average molecular weight is 280 g/mol. The van der Waals surface area contributed by atoms with Crippen LogP contribution in [0.5, 0.6) is 0 Å². The van der Waals surface area contributed by atoms with Crippen LogP contribution in [0, 0.1) is 0 Å². The Morgan fingerprint density at radius 2 is 1.38 bits per heavy atom. The maximum Gasteiger partial charge on any atom is 0.197 e. The minimum absolute atomic E-state index is 0.124. The largest absolute Gasteiger partial charge is 0.340 e. The molecule has 3 nitrogen and oxygen atoms in total. The van der Waals surface area contributed by atoms with Crippen molar-refractivity contribution in [1.29, 1.82) is 0 Å². The molecule has 21 heavy (non-hydrogen) atoms. The first kappa shape index (κ1) is 13.8. The molecule has 0 unspecified atom stereocenters. The van der Waals surface area contributed by atoms with Crippen LogP contribution in [0.2, 0.25) is 0 Å². The Balaban J connectivity index is 2.18. The normalized spacial score (nSPS) is 11.3. The Morgan fingerprint density at radius 3 is 1.95 bits per heavy atom. The number of nitrogens with zero attached hydrogens (tertiary/aromatic N) is 1. The molecule has 108 valence electrons. The van der Waals surface area contributed by atoms with Gasteiger partial charge >= 0.3 is 0 Å². The Bertz CT molecular complexity index is 760. The van der Waals surface area contributed by atoms with Gasteiger partial charge in [0.25, 0.3) is 0 Å². The SMILES string of the molecule is NCCCCCn1c2ccccc2c(=O)c2ccccc21. The monoisotopic (exact) mass is 280 g/mol. The lowest BCUT2D eigenvalue weighted by atomic mass is 10.1. The highest BCUT2D eigenvalue weighted by molar-refractivity contribution is 5.93. The van der Waals surface area contributed by atoms with Crippen LogP contribution in [0.3, 0.4) is 0 Å². The lowest BCUT2D eigenvalue weighted by Crippen LogP contribution is -2.11. The zero-order valence-corrected chi connectivity index (χ0v) is 12.1. The summed E-state index contributed by atoms with van der Waals surface area (Å²) < 4.78 is 2.27. The summed E-state index contributed by atoms with van der Waals surface area (Å²) in [5.74, 6) is 0. The van der Waals surface area contributed by atoms with Crippen LogP contribution in [0.15, 0.2) is 53.3 Å². The Labute approximate surface area is 124 Å². The van der Waals surface area contributed by atoms with Crippen LogP contribution in [0.1, 0.15) is 19.3 Å². The molecule has 0 spiro atoms. The van der Waals surface area contributed by atoms with E-state index in [2.05, 4.69) is 4.57 Å². The number of benzene rings is 2. The number of aryl methyl sites for hydroxylation is 1. The maximum absolute atomic E-state index is 12.6. The fraction of sp³-hybridized carbons (Fsp3) is 0.278. The second kappa shape index (κ2) is 6.10. The van der Waals surface area contributed by atoms with Crippen molar-refractivity contribution in [2.24, 2.45) is 5.73 Å². The lowest BCUT2D eigenvalue weighted by molar-refractivity contribution is 0.612. The molecule has 0 bridgehead atoms. The molecule has 0 amide bonds. The third-order valence-electron chi connectivity index (χ3n) is 3.96. The van der Waals surface area contributed by atoms with Crippen molar-refractivity contribution >= 4 is 21.8 Å². The van der Waals surface area contributed by atoms with Crippen LogP contribution >= 0.6 is 0 Å². The number of unbranched alkanes of at least 4 members (excludes halogenated alkanes) is 2. The predicted octanol–water partition coefficient (Wildman–Crippen LogP) is 3.28. The third-order valence-corrected chi connectivity index (χ3v) is 3.96. The van der Waals surface area contributed by atoms with Crippen LogP contribution in [0.25, 0.3) is 21.8 Å². The highest BCUT2D eigenvalue weighted by Crippen LogP contribution is 2.19. The first-order chi connectivity index (χ1) is 10.3. The van der Waals surface area contributed by atoms with Crippen molar-refractivity contribution in [1.82, 2.24) is 4.57 Å². The molecule has 3 rings (SSSR count). The van der Waals surface area contributed by atoms with E-state index in [1.165, 1.54) is 0 Å². The van der Waals surface area contributed by atoms with Crippen LogP contribution in [-0.4, -0.2) is 11.1 Å². The molecular formula is C18H20N2O. The topological polar surface area (TPSA) is 48.0 Å². The standard InChI is InChI=1S/C18H20N2O/c19-12-6-1-7-13-20-16-10-4-2-8-14(16)18(21)15-9-3-5-11-17(15)20/h2-5,8-11H,1,6-7,12-13,19H2. The summed E-state index contributed by atoms with van der Waals surface area (Å²) in [4.78, 5) is 12.6. The molecule has 0 fully saturated rings. The van der Waals surface area contributed by atoms with E-state index in [0.29, 0.717) is 0 Å². The summed E-state index contributed by atoms with van der Waals surface area (Å²) in [6.45, 7) is 1.66. The van der Waals surface area contributed by atoms with E-state index >= 15 is 0 Å². The summed E-state index contributed by atoms with van der Waals surface area (Å²) in [5.41, 5.74) is 7.73. The van der Waals surface area contributed by atoms with Gasteiger partial charge in [-0.05, 0) is 43.7 Å². The number of aromatic nitrogens is 1. The minimum Gasteiger partial charge on any atom is -0.340 e. The number of nitrogens with two attached hydrogens (primary N) is 1. The van der Waals surface area contributed by atoms with Gasteiger partial charge in [0.1, 0.15) is 0 Å². The van der Waals surface area contributed by atoms with Gasteiger partial charge in [-0.15, -0.1) is 0 Å². The smallest absolute Gasteiger partial charge is 0.197 e. The Hall–Kier alpha value is -2.13. The van der Waals surface area contributed by atoms with Gasteiger partial charge < -0.3 is 10.3 Å². The molecule has 0 aliphatic carbocycles. The van der Waals surface area contributed by atoms with Crippen molar-refractivity contribution in [3.63, 3.8) is 0 Å². The van der Waals surface area contributed by atoms with E-state index in [1.807, 2.05) is 48.5 Å². The van der Waals surface area contributed by atoms with Gasteiger partial charge in [0.05, 0.1) is 11.0 Å². The Kier molecular flexibility index (Phi) is 4.02. The van der Waals surface area contributed by atoms with E-state index in [9.17, 15) is 4.79 Å². The molecule has 0 saturated heterocycles. The molecule has 0 saturated carbocycles. The molecule has 3 aromatic rings.